The maximum Gasteiger partial charge on any atom is 0.242 e. The van der Waals surface area contributed by atoms with Gasteiger partial charge >= 0.3 is 0 Å². The Hall–Kier alpha value is -2.32. The Bertz CT molecular complexity index is 749. The zero-order valence-electron chi connectivity index (χ0n) is 16.3. The minimum atomic E-state index is -0.00326. The summed E-state index contributed by atoms with van der Waals surface area (Å²) in [5.41, 5.74) is 1.34. The number of nitrogens with zero attached hydrogens (tertiary/aromatic N) is 6. The lowest BCUT2D eigenvalue weighted by Crippen LogP contribution is -2.45. The number of aromatic nitrogens is 4. The van der Waals surface area contributed by atoms with Crippen LogP contribution in [0, 0.1) is 0 Å². The molecule has 28 heavy (non-hydrogen) atoms. The third-order valence-electron chi connectivity index (χ3n) is 5.66. The molecule has 0 atom stereocenters. The van der Waals surface area contributed by atoms with Crippen molar-refractivity contribution in [2.45, 2.75) is 51.4 Å². The van der Waals surface area contributed by atoms with E-state index in [1.807, 2.05) is 6.07 Å². The van der Waals surface area contributed by atoms with Crippen LogP contribution in [0.5, 0.6) is 0 Å². The van der Waals surface area contributed by atoms with Crippen molar-refractivity contribution >= 4 is 5.91 Å². The monoisotopic (exact) mass is 383 g/mol. The number of carbonyl (C=O) groups is 1. The van der Waals surface area contributed by atoms with Gasteiger partial charge in [0, 0.05) is 25.7 Å². The normalized spacial score (nSPS) is 19.1. The molecule has 1 aromatic carbocycles. The highest BCUT2D eigenvalue weighted by Crippen LogP contribution is 2.14. The van der Waals surface area contributed by atoms with E-state index >= 15 is 0 Å². The second-order valence-electron chi connectivity index (χ2n) is 7.84. The van der Waals surface area contributed by atoms with Crippen molar-refractivity contribution in [2.24, 2.45) is 0 Å². The number of likely N-dealkylation sites (tertiary alicyclic amines) is 2. The number of tetrazole rings is 1. The van der Waals surface area contributed by atoms with E-state index < -0.39 is 0 Å². The molecule has 0 unspecified atom stereocenters. The van der Waals surface area contributed by atoms with Crippen molar-refractivity contribution in [2.75, 3.05) is 26.2 Å². The molecule has 2 aliphatic heterocycles. The maximum atomic E-state index is 12.5. The lowest BCUT2D eigenvalue weighted by molar-refractivity contribution is -0.123. The highest BCUT2D eigenvalue weighted by molar-refractivity contribution is 5.76. The Morgan fingerprint density at radius 1 is 1.00 bits per heavy atom. The summed E-state index contributed by atoms with van der Waals surface area (Å²) in [6, 6.07) is 10.8. The van der Waals surface area contributed by atoms with Gasteiger partial charge in [0.1, 0.15) is 6.54 Å². The molecule has 2 aromatic rings. The Balaban J connectivity index is 1.21. The number of carbonyl (C=O) groups excluding carboxylic acids is 1. The topological polar surface area (TPSA) is 79.2 Å². The summed E-state index contributed by atoms with van der Waals surface area (Å²) in [4.78, 5) is 17.3. The standard InChI is InChI=1S/C20H29N7O/c28-20(16-27-19(22-23-24-27)15-25-10-4-5-11-25)21-18-8-12-26(13-9-18)14-17-6-2-1-3-7-17/h1-3,6-7,18H,4-5,8-16H2,(H,21,28). The van der Waals surface area contributed by atoms with Crippen molar-refractivity contribution in [3.05, 3.63) is 41.7 Å². The highest BCUT2D eigenvalue weighted by Gasteiger charge is 2.22. The zero-order valence-corrected chi connectivity index (χ0v) is 16.3. The van der Waals surface area contributed by atoms with Gasteiger partial charge in [0.15, 0.2) is 5.82 Å². The Morgan fingerprint density at radius 2 is 1.71 bits per heavy atom. The van der Waals surface area contributed by atoms with Gasteiger partial charge in [-0.3, -0.25) is 14.6 Å². The van der Waals surface area contributed by atoms with E-state index in [1.165, 1.54) is 18.4 Å². The van der Waals surface area contributed by atoms with Crippen molar-refractivity contribution in [3.63, 3.8) is 0 Å². The van der Waals surface area contributed by atoms with Gasteiger partial charge in [-0.1, -0.05) is 30.3 Å². The van der Waals surface area contributed by atoms with Gasteiger partial charge in [0.2, 0.25) is 5.91 Å². The molecule has 3 heterocycles. The fraction of sp³-hybridized carbons (Fsp3) is 0.600. The third-order valence-corrected chi connectivity index (χ3v) is 5.66. The predicted octanol–water partition coefficient (Wildman–Crippen LogP) is 1.05. The molecule has 150 valence electrons. The van der Waals surface area contributed by atoms with Gasteiger partial charge < -0.3 is 5.32 Å². The van der Waals surface area contributed by atoms with E-state index in [0.29, 0.717) is 0 Å². The molecule has 0 bridgehead atoms. The van der Waals surface area contributed by atoms with Crippen LogP contribution >= 0.6 is 0 Å². The largest absolute Gasteiger partial charge is 0.352 e. The van der Waals surface area contributed by atoms with E-state index in [4.69, 9.17) is 0 Å². The number of hydrogen-bond donors (Lipinski definition) is 1. The molecule has 0 saturated carbocycles. The van der Waals surface area contributed by atoms with Crippen LogP contribution < -0.4 is 5.32 Å². The summed E-state index contributed by atoms with van der Waals surface area (Å²) in [5, 5.41) is 15.0. The lowest BCUT2D eigenvalue weighted by Gasteiger charge is -2.32. The van der Waals surface area contributed by atoms with Crippen LogP contribution in [0.1, 0.15) is 37.1 Å². The van der Waals surface area contributed by atoms with Crippen LogP contribution in [0.15, 0.2) is 30.3 Å². The van der Waals surface area contributed by atoms with Crippen LogP contribution in [0.25, 0.3) is 0 Å². The molecular weight excluding hydrogens is 354 g/mol. The molecular formula is C20H29N7O. The first-order valence-corrected chi connectivity index (χ1v) is 10.3. The zero-order chi connectivity index (χ0) is 19.2. The number of rotatable bonds is 7. The maximum absolute atomic E-state index is 12.5. The first-order valence-electron chi connectivity index (χ1n) is 10.3. The van der Waals surface area contributed by atoms with Crippen molar-refractivity contribution in [1.82, 2.24) is 35.3 Å². The van der Waals surface area contributed by atoms with Gasteiger partial charge in [-0.05, 0) is 54.8 Å². The Morgan fingerprint density at radius 3 is 2.46 bits per heavy atom. The molecule has 2 saturated heterocycles. The molecule has 0 aliphatic carbocycles. The van der Waals surface area contributed by atoms with E-state index in [9.17, 15) is 4.79 Å². The summed E-state index contributed by atoms with van der Waals surface area (Å²) < 4.78 is 1.64. The van der Waals surface area contributed by atoms with Crippen molar-refractivity contribution in [3.8, 4) is 0 Å². The molecule has 8 nitrogen and oxygen atoms in total. The van der Waals surface area contributed by atoms with Gasteiger partial charge in [0.25, 0.3) is 0 Å². The van der Waals surface area contributed by atoms with Crippen LogP contribution in [0.4, 0.5) is 0 Å². The molecule has 1 N–H and O–H groups in total. The number of amides is 1. The minimum absolute atomic E-state index is 0.00326. The van der Waals surface area contributed by atoms with Gasteiger partial charge in [0.05, 0.1) is 6.54 Å². The van der Waals surface area contributed by atoms with E-state index in [-0.39, 0.29) is 18.5 Å². The number of benzene rings is 1. The van der Waals surface area contributed by atoms with Crippen LogP contribution in [-0.2, 0) is 24.4 Å². The molecule has 2 aliphatic rings. The Kier molecular flexibility index (Phi) is 6.28. The number of piperidine rings is 1. The number of nitrogens with one attached hydrogen (secondary N) is 1. The summed E-state index contributed by atoms with van der Waals surface area (Å²) in [6.45, 7) is 6.07. The summed E-state index contributed by atoms with van der Waals surface area (Å²) >= 11 is 0. The predicted molar refractivity (Wildman–Crippen MR) is 105 cm³/mol. The van der Waals surface area contributed by atoms with Crippen LogP contribution in [0.2, 0.25) is 0 Å². The summed E-state index contributed by atoms with van der Waals surface area (Å²) in [7, 11) is 0. The van der Waals surface area contributed by atoms with Crippen LogP contribution in [-0.4, -0.2) is 68.1 Å². The molecule has 0 spiro atoms. The van der Waals surface area contributed by atoms with Crippen LogP contribution in [0.3, 0.4) is 0 Å². The van der Waals surface area contributed by atoms with Gasteiger partial charge in [-0.25, -0.2) is 4.68 Å². The SMILES string of the molecule is O=C(Cn1nnnc1CN1CCCC1)NC1CCN(Cc2ccccc2)CC1. The highest BCUT2D eigenvalue weighted by atomic mass is 16.2. The smallest absolute Gasteiger partial charge is 0.242 e. The average molecular weight is 384 g/mol. The molecule has 2 fully saturated rings. The quantitative estimate of drug-likeness (QED) is 0.770. The van der Waals surface area contributed by atoms with E-state index in [1.54, 1.807) is 4.68 Å². The first-order chi connectivity index (χ1) is 13.8. The Labute approximate surface area is 165 Å². The summed E-state index contributed by atoms with van der Waals surface area (Å²) in [5.74, 6) is 0.770. The second kappa shape index (κ2) is 9.25. The molecule has 1 aromatic heterocycles. The first kappa shape index (κ1) is 19.0. The average Bonchev–Trinajstić information content (AvgIpc) is 3.37. The lowest BCUT2D eigenvalue weighted by atomic mass is 10.0. The van der Waals surface area contributed by atoms with E-state index in [2.05, 4.69) is 54.9 Å². The molecule has 8 heteroatoms. The fourth-order valence-electron chi connectivity index (χ4n) is 4.09. The second-order valence-corrected chi connectivity index (χ2v) is 7.84. The summed E-state index contributed by atoms with van der Waals surface area (Å²) in [6.07, 6.45) is 4.42. The number of hydrogen-bond acceptors (Lipinski definition) is 6. The minimum Gasteiger partial charge on any atom is -0.352 e. The molecule has 0 radical (unpaired) electrons. The van der Waals surface area contributed by atoms with Crippen molar-refractivity contribution in [1.29, 1.82) is 0 Å². The van der Waals surface area contributed by atoms with Crippen molar-refractivity contribution < 1.29 is 4.79 Å². The molecule has 1 amide bonds. The fourth-order valence-corrected chi connectivity index (χ4v) is 4.09. The molecule has 4 rings (SSSR count). The van der Waals surface area contributed by atoms with E-state index in [0.717, 1.165) is 57.9 Å². The van der Waals surface area contributed by atoms with Gasteiger partial charge in [-0.15, -0.1) is 5.10 Å². The third kappa shape index (κ3) is 5.14. The van der Waals surface area contributed by atoms with Gasteiger partial charge in [-0.2, -0.15) is 0 Å².